The molecule has 1 amide bonds. The van der Waals surface area contributed by atoms with Gasteiger partial charge in [-0.15, -0.1) is 0 Å². The fraction of sp³-hybridized carbons (Fsp3) is 0.750. The van der Waals surface area contributed by atoms with Crippen LogP contribution in [0.3, 0.4) is 0 Å². The number of carbonyl (C=O) groups is 2. The summed E-state index contributed by atoms with van der Waals surface area (Å²) in [6.45, 7) is 5.19. The molecule has 1 N–H and O–H groups in total. The Morgan fingerprint density at radius 1 is 1.36 bits per heavy atom. The highest BCUT2D eigenvalue weighted by Gasteiger charge is 2.22. The first-order valence-corrected chi connectivity index (χ1v) is 4.89. The summed E-state index contributed by atoms with van der Waals surface area (Å²) >= 11 is 2.93. The highest BCUT2D eigenvalue weighted by Crippen LogP contribution is 2.07. The van der Waals surface area contributed by atoms with Gasteiger partial charge in [0.25, 0.3) is 0 Å². The normalized spacial score (nSPS) is 12.9. The molecule has 0 aromatic carbocycles. The molecule has 0 heterocycles. The third kappa shape index (κ3) is 5.80. The number of halogens is 1. The largest absolute Gasteiger partial charge is 0.467 e. The third-order valence-corrected chi connectivity index (χ3v) is 1.65. The second-order valence-electron chi connectivity index (χ2n) is 3.53. The second-order valence-corrected chi connectivity index (χ2v) is 4.45. The van der Waals surface area contributed by atoms with Crippen molar-refractivity contribution in [3.8, 4) is 0 Å². The fourth-order valence-electron chi connectivity index (χ4n) is 0.573. The summed E-state index contributed by atoms with van der Waals surface area (Å²) < 4.78 is 9.30. The summed E-state index contributed by atoms with van der Waals surface area (Å²) in [6.07, 6.45) is -0.676. The van der Waals surface area contributed by atoms with Gasteiger partial charge in [-0.3, -0.25) is 5.32 Å². The molecule has 0 unspecified atom stereocenters. The van der Waals surface area contributed by atoms with E-state index in [9.17, 15) is 9.59 Å². The van der Waals surface area contributed by atoms with Gasteiger partial charge < -0.3 is 9.47 Å². The van der Waals surface area contributed by atoms with Crippen molar-refractivity contribution < 1.29 is 19.1 Å². The zero-order chi connectivity index (χ0) is 11.4. The van der Waals surface area contributed by atoms with Crippen LogP contribution < -0.4 is 5.32 Å². The highest BCUT2D eigenvalue weighted by atomic mass is 79.9. The van der Waals surface area contributed by atoms with Gasteiger partial charge in [0.05, 0.1) is 7.11 Å². The monoisotopic (exact) mass is 267 g/mol. The van der Waals surface area contributed by atoms with Gasteiger partial charge in [-0.25, -0.2) is 9.59 Å². The number of hydrogen-bond acceptors (Lipinski definition) is 4. The smallest absolute Gasteiger partial charge is 0.409 e. The number of ether oxygens (including phenoxy) is 2. The van der Waals surface area contributed by atoms with Crippen molar-refractivity contribution in [2.24, 2.45) is 0 Å². The zero-order valence-corrected chi connectivity index (χ0v) is 10.2. The van der Waals surface area contributed by atoms with Crippen molar-refractivity contribution in [2.45, 2.75) is 31.3 Å². The molecule has 1 atom stereocenters. The molecular weight excluding hydrogens is 254 g/mol. The summed E-state index contributed by atoms with van der Waals surface area (Å²) in [7, 11) is 1.23. The Kier molecular flexibility index (Phi) is 4.90. The first-order valence-electron chi connectivity index (χ1n) is 3.97. The van der Waals surface area contributed by atoms with Crippen molar-refractivity contribution in [1.82, 2.24) is 5.32 Å². The topological polar surface area (TPSA) is 64.6 Å². The minimum atomic E-state index is -0.887. The second kappa shape index (κ2) is 5.19. The standard InChI is InChI=1S/C8H14BrNO4/c1-8(2,3)14-7(12)10-5(9)6(11)13-4/h5H,1-4H3,(H,10,12)/t5-/m0/s1. The third-order valence-electron chi connectivity index (χ3n) is 1.05. The van der Waals surface area contributed by atoms with E-state index >= 15 is 0 Å². The van der Waals surface area contributed by atoms with Crippen LogP contribution in [0.2, 0.25) is 0 Å². The first-order chi connectivity index (χ1) is 6.26. The molecule has 0 aliphatic carbocycles. The Morgan fingerprint density at radius 2 is 1.86 bits per heavy atom. The summed E-state index contributed by atoms with van der Waals surface area (Å²) in [5.41, 5.74) is -0.590. The SMILES string of the molecule is COC(=O)[C@@H](Br)NC(=O)OC(C)(C)C. The van der Waals surface area contributed by atoms with Crippen LogP contribution >= 0.6 is 15.9 Å². The number of alkyl carbamates (subject to hydrolysis) is 1. The van der Waals surface area contributed by atoms with Crippen LogP contribution in [-0.4, -0.2) is 29.7 Å². The van der Waals surface area contributed by atoms with Crippen LogP contribution in [0.4, 0.5) is 4.79 Å². The maximum atomic E-state index is 11.1. The first kappa shape index (κ1) is 13.2. The molecule has 0 aliphatic rings. The number of nitrogens with one attached hydrogen (secondary N) is 1. The molecule has 14 heavy (non-hydrogen) atoms. The van der Waals surface area contributed by atoms with Crippen LogP contribution in [0.15, 0.2) is 0 Å². The molecule has 0 spiro atoms. The van der Waals surface area contributed by atoms with E-state index < -0.39 is 22.6 Å². The van der Waals surface area contributed by atoms with E-state index in [1.54, 1.807) is 20.8 Å². The molecule has 0 saturated carbocycles. The lowest BCUT2D eigenvalue weighted by molar-refractivity contribution is -0.140. The predicted octanol–water partition coefficient (Wildman–Crippen LogP) is 1.41. The summed E-state index contributed by atoms with van der Waals surface area (Å²) in [6, 6.07) is 0. The lowest BCUT2D eigenvalue weighted by Gasteiger charge is -2.20. The van der Waals surface area contributed by atoms with Gasteiger partial charge in [0.2, 0.25) is 0 Å². The molecule has 0 fully saturated rings. The Morgan fingerprint density at radius 3 is 2.21 bits per heavy atom. The van der Waals surface area contributed by atoms with Gasteiger partial charge in [0, 0.05) is 0 Å². The van der Waals surface area contributed by atoms with E-state index in [0.717, 1.165) is 0 Å². The van der Waals surface area contributed by atoms with Crippen molar-refractivity contribution >= 4 is 28.0 Å². The van der Waals surface area contributed by atoms with E-state index in [2.05, 4.69) is 26.0 Å². The highest BCUT2D eigenvalue weighted by molar-refractivity contribution is 9.10. The molecule has 0 aromatic heterocycles. The van der Waals surface area contributed by atoms with Crippen molar-refractivity contribution in [1.29, 1.82) is 0 Å². The number of hydrogen-bond donors (Lipinski definition) is 1. The zero-order valence-electron chi connectivity index (χ0n) is 8.59. The molecule has 0 saturated heterocycles. The fourth-order valence-corrected chi connectivity index (χ4v) is 0.947. The number of carbonyl (C=O) groups excluding carboxylic acids is 2. The minimum Gasteiger partial charge on any atom is -0.467 e. The van der Waals surface area contributed by atoms with Gasteiger partial charge in [-0.1, -0.05) is 15.9 Å². The average molecular weight is 268 g/mol. The van der Waals surface area contributed by atoms with E-state index in [4.69, 9.17) is 4.74 Å². The maximum Gasteiger partial charge on any atom is 0.409 e. The van der Waals surface area contributed by atoms with E-state index in [1.165, 1.54) is 7.11 Å². The van der Waals surface area contributed by atoms with Crippen LogP contribution in [0.1, 0.15) is 20.8 Å². The lowest BCUT2D eigenvalue weighted by atomic mass is 10.2. The molecule has 5 nitrogen and oxygen atoms in total. The lowest BCUT2D eigenvalue weighted by Crippen LogP contribution is -2.40. The van der Waals surface area contributed by atoms with E-state index in [0.29, 0.717) is 0 Å². The Hall–Kier alpha value is -0.780. The van der Waals surface area contributed by atoms with Crippen molar-refractivity contribution in [3.63, 3.8) is 0 Å². The van der Waals surface area contributed by atoms with Crippen LogP contribution in [-0.2, 0) is 14.3 Å². The Labute approximate surface area is 91.3 Å². The Balaban J connectivity index is 4.01. The number of amides is 1. The van der Waals surface area contributed by atoms with Crippen molar-refractivity contribution in [3.05, 3.63) is 0 Å². The molecule has 0 aromatic rings. The molecule has 0 bridgehead atoms. The number of esters is 1. The quantitative estimate of drug-likeness (QED) is 0.467. The number of alkyl halides is 1. The van der Waals surface area contributed by atoms with Gasteiger partial charge in [0.1, 0.15) is 5.60 Å². The van der Waals surface area contributed by atoms with Gasteiger partial charge in [-0.2, -0.15) is 0 Å². The molecule has 0 radical (unpaired) electrons. The van der Waals surface area contributed by atoms with Gasteiger partial charge >= 0.3 is 12.1 Å². The Bertz CT molecular complexity index is 224. The maximum absolute atomic E-state index is 11.1. The van der Waals surface area contributed by atoms with Crippen LogP contribution in [0.5, 0.6) is 0 Å². The molecule has 0 rings (SSSR count). The van der Waals surface area contributed by atoms with Crippen LogP contribution in [0, 0.1) is 0 Å². The van der Waals surface area contributed by atoms with E-state index in [-0.39, 0.29) is 0 Å². The summed E-state index contributed by atoms with van der Waals surface area (Å²) in [5.74, 6) is -0.587. The molecular formula is C8H14BrNO4. The summed E-state index contributed by atoms with van der Waals surface area (Å²) in [4.78, 5) is 21.1. The van der Waals surface area contributed by atoms with Gasteiger partial charge in [0.15, 0.2) is 4.95 Å². The number of methoxy groups -OCH3 is 1. The minimum absolute atomic E-state index is 0.587. The van der Waals surface area contributed by atoms with E-state index in [1.807, 2.05) is 0 Å². The molecule has 82 valence electrons. The van der Waals surface area contributed by atoms with Gasteiger partial charge in [-0.05, 0) is 20.8 Å². The summed E-state index contributed by atoms with van der Waals surface area (Å²) in [5, 5.41) is 2.27. The predicted molar refractivity (Wildman–Crippen MR) is 54.1 cm³/mol. The molecule has 6 heteroatoms. The van der Waals surface area contributed by atoms with Crippen LogP contribution in [0.25, 0.3) is 0 Å². The molecule has 0 aliphatic heterocycles. The van der Waals surface area contributed by atoms with Crippen molar-refractivity contribution in [2.75, 3.05) is 7.11 Å². The average Bonchev–Trinajstić information content (AvgIpc) is 1.99. The number of rotatable bonds is 2.